The maximum Gasteiger partial charge on any atom is 0.0233 e. The number of likely N-dealkylation sites (tertiary alicyclic amines) is 1. The van der Waals surface area contributed by atoms with Gasteiger partial charge in [-0.05, 0) is 73.6 Å². The Morgan fingerprint density at radius 3 is 2.55 bits per heavy atom. The Bertz CT molecular complexity index is 622. The van der Waals surface area contributed by atoms with E-state index in [0.717, 1.165) is 18.5 Å². The molecule has 2 nitrogen and oxygen atoms in total. The molecule has 0 amide bonds. The summed E-state index contributed by atoms with van der Waals surface area (Å²) < 4.78 is 0. The molecule has 22 heavy (non-hydrogen) atoms. The van der Waals surface area contributed by atoms with Gasteiger partial charge in [-0.2, -0.15) is 0 Å². The van der Waals surface area contributed by atoms with Gasteiger partial charge in [-0.15, -0.1) is 0 Å². The second-order valence-electron chi connectivity index (χ2n) is 7.00. The predicted molar refractivity (Wildman–Crippen MR) is 93.0 cm³/mol. The van der Waals surface area contributed by atoms with E-state index in [-0.39, 0.29) is 0 Å². The standard InChI is InChI=1S/C20H26N2/c1-2-5-19-14-16(7-8-17(19)4-1)15-22-12-9-18(10-13-22)20-6-3-11-21-20/h1-2,4-5,7-8,14,18,20-21H,3,6,9-13,15H2. The van der Waals surface area contributed by atoms with Gasteiger partial charge in [-0.1, -0.05) is 36.4 Å². The highest BCUT2D eigenvalue weighted by atomic mass is 15.1. The Hall–Kier alpha value is -1.38. The van der Waals surface area contributed by atoms with E-state index < -0.39 is 0 Å². The maximum absolute atomic E-state index is 3.69. The minimum atomic E-state index is 0.808. The van der Waals surface area contributed by atoms with Gasteiger partial charge in [0.15, 0.2) is 0 Å². The Morgan fingerprint density at radius 2 is 1.77 bits per heavy atom. The number of benzene rings is 2. The van der Waals surface area contributed by atoms with Crippen molar-refractivity contribution in [3.8, 4) is 0 Å². The number of nitrogens with zero attached hydrogens (tertiary/aromatic N) is 1. The van der Waals surface area contributed by atoms with Crippen molar-refractivity contribution in [2.75, 3.05) is 19.6 Å². The molecular formula is C20H26N2. The van der Waals surface area contributed by atoms with Crippen LogP contribution >= 0.6 is 0 Å². The molecule has 2 fully saturated rings. The Kier molecular flexibility index (Phi) is 4.13. The fourth-order valence-corrected chi connectivity index (χ4v) is 4.22. The van der Waals surface area contributed by atoms with E-state index in [1.807, 2.05) is 0 Å². The third-order valence-electron chi connectivity index (χ3n) is 5.52. The van der Waals surface area contributed by atoms with Gasteiger partial charge < -0.3 is 5.32 Å². The van der Waals surface area contributed by atoms with Crippen LogP contribution in [0.2, 0.25) is 0 Å². The van der Waals surface area contributed by atoms with Crippen LogP contribution in [0.25, 0.3) is 10.8 Å². The van der Waals surface area contributed by atoms with Gasteiger partial charge in [-0.3, -0.25) is 4.90 Å². The van der Waals surface area contributed by atoms with Crippen LogP contribution < -0.4 is 5.32 Å². The van der Waals surface area contributed by atoms with Gasteiger partial charge in [0.2, 0.25) is 0 Å². The highest BCUT2D eigenvalue weighted by Gasteiger charge is 2.28. The van der Waals surface area contributed by atoms with Crippen LogP contribution in [0.4, 0.5) is 0 Å². The molecule has 4 rings (SSSR count). The fourth-order valence-electron chi connectivity index (χ4n) is 4.22. The molecule has 2 aliphatic heterocycles. The lowest BCUT2D eigenvalue weighted by Gasteiger charge is -2.35. The molecule has 2 heterocycles. The quantitative estimate of drug-likeness (QED) is 0.926. The smallest absolute Gasteiger partial charge is 0.0233 e. The van der Waals surface area contributed by atoms with Crippen LogP contribution in [-0.4, -0.2) is 30.6 Å². The summed E-state index contributed by atoms with van der Waals surface area (Å²) in [5.74, 6) is 0.912. The van der Waals surface area contributed by atoms with Crippen molar-refractivity contribution < 1.29 is 0 Å². The summed E-state index contributed by atoms with van der Waals surface area (Å²) in [6, 6.07) is 16.4. The van der Waals surface area contributed by atoms with E-state index in [9.17, 15) is 0 Å². The summed E-state index contributed by atoms with van der Waals surface area (Å²) in [5.41, 5.74) is 1.45. The van der Waals surface area contributed by atoms with Gasteiger partial charge in [0.05, 0.1) is 0 Å². The number of rotatable bonds is 3. The van der Waals surface area contributed by atoms with Crippen LogP contribution in [0.1, 0.15) is 31.2 Å². The molecule has 0 bridgehead atoms. The second kappa shape index (κ2) is 6.39. The predicted octanol–water partition coefficient (Wildman–Crippen LogP) is 3.80. The van der Waals surface area contributed by atoms with Crippen molar-refractivity contribution in [2.24, 2.45) is 5.92 Å². The Balaban J connectivity index is 1.37. The lowest BCUT2D eigenvalue weighted by molar-refractivity contribution is 0.157. The zero-order valence-corrected chi connectivity index (χ0v) is 13.3. The van der Waals surface area contributed by atoms with Crippen molar-refractivity contribution in [1.82, 2.24) is 10.2 Å². The number of fused-ring (bicyclic) bond motifs is 1. The molecule has 116 valence electrons. The van der Waals surface area contributed by atoms with E-state index in [1.165, 1.54) is 61.7 Å². The molecule has 1 atom stereocenters. The fraction of sp³-hybridized carbons (Fsp3) is 0.500. The SMILES string of the molecule is c1ccc2cc(CN3CCC(C4CCCN4)CC3)ccc2c1. The van der Waals surface area contributed by atoms with E-state index >= 15 is 0 Å². The lowest BCUT2D eigenvalue weighted by atomic mass is 9.88. The highest BCUT2D eigenvalue weighted by Crippen LogP contribution is 2.26. The molecule has 2 aliphatic rings. The van der Waals surface area contributed by atoms with Crippen molar-refractivity contribution in [1.29, 1.82) is 0 Å². The molecule has 2 aromatic rings. The number of nitrogens with one attached hydrogen (secondary N) is 1. The number of hydrogen-bond donors (Lipinski definition) is 1. The molecule has 0 aliphatic carbocycles. The normalized spacial score (nSPS) is 24.1. The van der Waals surface area contributed by atoms with Crippen molar-refractivity contribution in [2.45, 2.75) is 38.3 Å². The van der Waals surface area contributed by atoms with E-state index in [2.05, 4.69) is 52.7 Å². The molecule has 0 spiro atoms. The van der Waals surface area contributed by atoms with E-state index in [0.29, 0.717) is 0 Å². The summed E-state index contributed by atoms with van der Waals surface area (Å²) in [4.78, 5) is 2.63. The third kappa shape index (κ3) is 3.04. The molecule has 2 heteroatoms. The van der Waals surface area contributed by atoms with E-state index in [1.54, 1.807) is 0 Å². The molecule has 0 radical (unpaired) electrons. The first-order valence-corrected chi connectivity index (χ1v) is 8.82. The maximum atomic E-state index is 3.69. The molecule has 2 saturated heterocycles. The number of piperidine rings is 1. The lowest BCUT2D eigenvalue weighted by Crippen LogP contribution is -2.40. The molecular weight excluding hydrogens is 268 g/mol. The molecule has 0 aromatic heterocycles. The Morgan fingerprint density at radius 1 is 0.955 bits per heavy atom. The molecule has 2 aromatic carbocycles. The van der Waals surface area contributed by atoms with E-state index in [4.69, 9.17) is 0 Å². The summed E-state index contributed by atoms with van der Waals surface area (Å²) in [7, 11) is 0. The topological polar surface area (TPSA) is 15.3 Å². The van der Waals surface area contributed by atoms with Gasteiger partial charge >= 0.3 is 0 Å². The zero-order chi connectivity index (χ0) is 14.8. The minimum Gasteiger partial charge on any atom is -0.314 e. The van der Waals surface area contributed by atoms with Gasteiger partial charge in [0, 0.05) is 12.6 Å². The molecule has 1 N–H and O–H groups in total. The molecule has 1 unspecified atom stereocenters. The van der Waals surface area contributed by atoms with Gasteiger partial charge in [0.1, 0.15) is 0 Å². The molecule has 0 saturated carbocycles. The van der Waals surface area contributed by atoms with Crippen LogP contribution in [0, 0.1) is 5.92 Å². The first kappa shape index (κ1) is 14.2. The van der Waals surface area contributed by atoms with Crippen molar-refractivity contribution >= 4 is 10.8 Å². The highest BCUT2D eigenvalue weighted by molar-refractivity contribution is 5.82. The van der Waals surface area contributed by atoms with Crippen LogP contribution in [0.15, 0.2) is 42.5 Å². The van der Waals surface area contributed by atoms with Crippen molar-refractivity contribution in [3.05, 3.63) is 48.0 Å². The average molecular weight is 294 g/mol. The zero-order valence-electron chi connectivity index (χ0n) is 13.3. The van der Waals surface area contributed by atoms with Crippen LogP contribution in [-0.2, 0) is 6.54 Å². The monoisotopic (exact) mass is 294 g/mol. The van der Waals surface area contributed by atoms with Gasteiger partial charge in [-0.25, -0.2) is 0 Å². The Labute approximate surface area is 133 Å². The van der Waals surface area contributed by atoms with Crippen LogP contribution in [0.5, 0.6) is 0 Å². The minimum absolute atomic E-state index is 0.808. The summed E-state index contributed by atoms with van der Waals surface area (Å²) in [6.07, 6.45) is 5.51. The summed E-state index contributed by atoms with van der Waals surface area (Å²) >= 11 is 0. The second-order valence-corrected chi connectivity index (χ2v) is 7.00. The summed E-state index contributed by atoms with van der Waals surface area (Å²) in [6.45, 7) is 4.86. The first-order valence-electron chi connectivity index (χ1n) is 8.82. The van der Waals surface area contributed by atoms with Crippen LogP contribution in [0.3, 0.4) is 0 Å². The summed E-state index contributed by atoms with van der Waals surface area (Å²) in [5, 5.41) is 6.40. The number of hydrogen-bond acceptors (Lipinski definition) is 2. The van der Waals surface area contributed by atoms with Gasteiger partial charge in [0.25, 0.3) is 0 Å². The largest absolute Gasteiger partial charge is 0.314 e. The third-order valence-corrected chi connectivity index (χ3v) is 5.52. The first-order chi connectivity index (χ1) is 10.9. The average Bonchev–Trinajstić information content (AvgIpc) is 3.10. The van der Waals surface area contributed by atoms with Crippen molar-refractivity contribution in [3.63, 3.8) is 0 Å².